The molecule has 9 heteroatoms. The van der Waals surface area contributed by atoms with Gasteiger partial charge in [0, 0.05) is 6.07 Å². The third kappa shape index (κ3) is 2.51. The third-order valence-electron chi connectivity index (χ3n) is 2.26. The van der Waals surface area contributed by atoms with Gasteiger partial charge in [0.25, 0.3) is 5.88 Å². The van der Waals surface area contributed by atoms with Gasteiger partial charge in [-0.15, -0.1) is 5.10 Å². The minimum absolute atomic E-state index is 0.391. The fourth-order valence-electron chi connectivity index (χ4n) is 1.40. The minimum Gasteiger partial charge on any atom is -0.477 e. The van der Waals surface area contributed by atoms with E-state index in [-0.39, 0.29) is 0 Å². The Morgan fingerprint density at radius 3 is 2.80 bits per heavy atom. The molecule has 2 aromatic rings. The topological polar surface area (TPSA) is 115 Å². The minimum atomic E-state index is -1.38. The molecule has 8 nitrogen and oxygen atoms in total. The fraction of sp³-hybridized carbons (Fsp3) is 0. The highest BCUT2D eigenvalue weighted by Gasteiger charge is 2.23. The predicted molar refractivity (Wildman–Crippen MR) is 62.1 cm³/mol. The number of hydrogen-bond donors (Lipinski definition) is 1. The number of carboxylic acid groups (broad SMARTS) is 1. The number of carboxylic acids is 1. The van der Waals surface area contributed by atoms with Gasteiger partial charge in [0.2, 0.25) is 5.75 Å². The van der Waals surface area contributed by atoms with Crippen LogP contribution in [0.4, 0.5) is 10.1 Å². The lowest BCUT2D eigenvalue weighted by Gasteiger charge is -2.07. The van der Waals surface area contributed by atoms with Crippen LogP contribution >= 0.6 is 0 Å². The van der Waals surface area contributed by atoms with E-state index in [1.165, 1.54) is 0 Å². The number of nitrogens with zero attached hydrogens (tertiary/aromatic N) is 3. The average molecular weight is 279 g/mol. The predicted octanol–water partition coefficient (Wildman–Crippen LogP) is 2.01. The van der Waals surface area contributed by atoms with E-state index < -0.39 is 39.6 Å². The lowest BCUT2D eigenvalue weighted by molar-refractivity contribution is -0.385. The number of halogens is 1. The maximum absolute atomic E-state index is 13.6. The van der Waals surface area contributed by atoms with E-state index in [1.807, 2.05) is 0 Å². The number of nitro groups is 1. The number of rotatable bonds is 4. The van der Waals surface area contributed by atoms with Crippen molar-refractivity contribution in [3.63, 3.8) is 0 Å². The van der Waals surface area contributed by atoms with E-state index in [0.717, 1.165) is 30.5 Å². The summed E-state index contributed by atoms with van der Waals surface area (Å²) >= 11 is 0. The number of hydrogen-bond acceptors (Lipinski definition) is 6. The summed E-state index contributed by atoms with van der Waals surface area (Å²) in [6.07, 6.45) is 1.10. The standard InChI is InChI=1S/C11H6FN3O5/c12-7-2-1-3-8(15(18)19)9(7)20-10-6(11(16)17)4-5-13-14-10/h1-5H,(H,16,17). The Morgan fingerprint density at radius 2 is 2.15 bits per heavy atom. The lowest BCUT2D eigenvalue weighted by atomic mass is 10.2. The van der Waals surface area contributed by atoms with E-state index in [0.29, 0.717) is 0 Å². The molecule has 0 aliphatic rings. The third-order valence-corrected chi connectivity index (χ3v) is 2.26. The molecule has 0 saturated heterocycles. The SMILES string of the molecule is O=C(O)c1ccnnc1Oc1c(F)cccc1[N+](=O)[O-]. The molecule has 1 aromatic heterocycles. The molecule has 0 saturated carbocycles. The van der Waals surface area contributed by atoms with E-state index in [4.69, 9.17) is 9.84 Å². The first-order chi connectivity index (χ1) is 9.50. The van der Waals surface area contributed by atoms with Crippen molar-refractivity contribution < 1.29 is 24.0 Å². The summed E-state index contributed by atoms with van der Waals surface area (Å²) in [5.74, 6) is -3.65. The van der Waals surface area contributed by atoms with Crippen LogP contribution < -0.4 is 4.74 Å². The second kappa shape index (κ2) is 5.26. The molecule has 1 N–H and O–H groups in total. The van der Waals surface area contributed by atoms with Gasteiger partial charge in [-0.2, -0.15) is 5.10 Å². The molecule has 0 bridgehead atoms. The lowest BCUT2D eigenvalue weighted by Crippen LogP contribution is -2.04. The Hall–Kier alpha value is -3.10. The quantitative estimate of drug-likeness (QED) is 0.672. The van der Waals surface area contributed by atoms with Gasteiger partial charge in [-0.25, -0.2) is 9.18 Å². The summed E-state index contributed by atoms with van der Waals surface area (Å²) in [4.78, 5) is 20.9. The molecule has 0 spiro atoms. The molecule has 20 heavy (non-hydrogen) atoms. The van der Waals surface area contributed by atoms with Gasteiger partial charge in [-0.3, -0.25) is 10.1 Å². The molecule has 0 unspecified atom stereocenters. The normalized spacial score (nSPS) is 10.1. The Balaban J connectivity index is 2.51. The van der Waals surface area contributed by atoms with E-state index >= 15 is 0 Å². The number of benzene rings is 1. The first-order valence-electron chi connectivity index (χ1n) is 5.16. The molecule has 0 amide bonds. The summed E-state index contributed by atoms with van der Waals surface area (Å²) in [6, 6.07) is 4.18. The van der Waals surface area contributed by atoms with Gasteiger partial charge in [0.15, 0.2) is 5.82 Å². The monoisotopic (exact) mass is 279 g/mol. The Kier molecular flexibility index (Phi) is 3.51. The van der Waals surface area contributed by atoms with Crippen LogP contribution in [0.25, 0.3) is 0 Å². The van der Waals surface area contributed by atoms with Crippen LogP contribution in [0.3, 0.4) is 0 Å². The second-order valence-corrected chi connectivity index (χ2v) is 3.50. The van der Waals surface area contributed by atoms with Crippen LogP contribution in [0.2, 0.25) is 0 Å². The molecule has 0 atom stereocenters. The first-order valence-corrected chi connectivity index (χ1v) is 5.16. The maximum Gasteiger partial charge on any atom is 0.341 e. The first kappa shape index (κ1) is 13.3. The van der Waals surface area contributed by atoms with Crippen molar-refractivity contribution in [2.75, 3.05) is 0 Å². The van der Waals surface area contributed by atoms with Crippen LogP contribution in [-0.2, 0) is 0 Å². The molecule has 0 aliphatic carbocycles. The molecule has 1 aromatic carbocycles. The molecule has 0 aliphatic heterocycles. The zero-order valence-corrected chi connectivity index (χ0v) is 9.69. The molecule has 0 radical (unpaired) electrons. The Labute approximate surface area is 110 Å². The Morgan fingerprint density at radius 1 is 1.40 bits per heavy atom. The number of aromatic carboxylic acids is 1. The van der Waals surface area contributed by atoms with Crippen molar-refractivity contribution in [2.45, 2.75) is 0 Å². The summed E-state index contributed by atoms with van der Waals surface area (Å²) in [7, 11) is 0. The zero-order chi connectivity index (χ0) is 14.7. The fourth-order valence-corrected chi connectivity index (χ4v) is 1.40. The van der Waals surface area contributed by atoms with Crippen LogP contribution in [0.1, 0.15) is 10.4 Å². The van der Waals surface area contributed by atoms with E-state index in [1.54, 1.807) is 0 Å². The maximum atomic E-state index is 13.6. The molecular weight excluding hydrogens is 273 g/mol. The van der Waals surface area contributed by atoms with Crippen molar-refractivity contribution in [3.8, 4) is 11.6 Å². The van der Waals surface area contributed by atoms with E-state index in [2.05, 4.69) is 10.2 Å². The smallest absolute Gasteiger partial charge is 0.341 e. The van der Waals surface area contributed by atoms with Crippen LogP contribution in [0.15, 0.2) is 30.5 Å². The molecular formula is C11H6FN3O5. The van der Waals surface area contributed by atoms with Gasteiger partial charge in [-0.05, 0) is 12.1 Å². The van der Waals surface area contributed by atoms with Crippen LogP contribution in [0.5, 0.6) is 11.6 Å². The van der Waals surface area contributed by atoms with Gasteiger partial charge in [-0.1, -0.05) is 6.07 Å². The zero-order valence-electron chi connectivity index (χ0n) is 9.69. The molecule has 2 rings (SSSR count). The largest absolute Gasteiger partial charge is 0.477 e. The molecule has 1 heterocycles. The summed E-state index contributed by atoms with van der Waals surface area (Å²) in [5.41, 5.74) is -1.04. The van der Waals surface area contributed by atoms with Crippen molar-refractivity contribution in [2.24, 2.45) is 0 Å². The number of aromatic nitrogens is 2. The van der Waals surface area contributed by atoms with E-state index in [9.17, 15) is 19.3 Å². The van der Waals surface area contributed by atoms with Crippen molar-refractivity contribution in [3.05, 3.63) is 52.0 Å². The van der Waals surface area contributed by atoms with Gasteiger partial charge in [0.1, 0.15) is 5.56 Å². The summed E-state index contributed by atoms with van der Waals surface area (Å²) in [6.45, 7) is 0. The second-order valence-electron chi connectivity index (χ2n) is 3.50. The summed E-state index contributed by atoms with van der Waals surface area (Å²) in [5, 5.41) is 26.5. The number of nitro benzene ring substituents is 1. The van der Waals surface area contributed by atoms with Gasteiger partial charge >= 0.3 is 11.7 Å². The number of ether oxygens (including phenoxy) is 1. The van der Waals surface area contributed by atoms with Crippen molar-refractivity contribution in [1.29, 1.82) is 0 Å². The molecule has 102 valence electrons. The average Bonchev–Trinajstić information content (AvgIpc) is 2.41. The highest BCUT2D eigenvalue weighted by molar-refractivity contribution is 5.90. The van der Waals surface area contributed by atoms with Crippen molar-refractivity contribution >= 4 is 11.7 Å². The highest BCUT2D eigenvalue weighted by Crippen LogP contribution is 2.33. The summed E-state index contributed by atoms with van der Waals surface area (Å²) < 4.78 is 18.5. The highest BCUT2D eigenvalue weighted by atomic mass is 19.1. The van der Waals surface area contributed by atoms with Crippen molar-refractivity contribution in [1.82, 2.24) is 10.2 Å². The number of para-hydroxylation sites is 1. The van der Waals surface area contributed by atoms with Crippen LogP contribution in [0, 0.1) is 15.9 Å². The molecule has 0 fully saturated rings. The van der Waals surface area contributed by atoms with Crippen LogP contribution in [-0.4, -0.2) is 26.2 Å². The van der Waals surface area contributed by atoms with Gasteiger partial charge in [0.05, 0.1) is 11.1 Å². The number of carbonyl (C=O) groups is 1. The Bertz CT molecular complexity index is 692. The van der Waals surface area contributed by atoms with Gasteiger partial charge < -0.3 is 9.84 Å².